The van der Waals surface area contributed by atoms with E-state index in [4.69, 9.17) is 0 Å². The minimum Gasteiger partial charge on any atom is -0.352 e. The lowest BCUT2D eigenvalue weighted by atomic mass is 10.1. The van der Waals surface area contributed by atoms with Crippen LogP contribution in [0.4, 0.5) is 5.82 Å². The molecule has 0 spiro atoms. The third-order valence-electron chi connectivity index (χ3n) is 4.67. The van der Waals surface area contributed by atoms with Gasteiger partial charge in [0.2, 0.25) is 0 Å². The Morgan fingerprint density at radius 2 is 1.76 bits per heavy atom. The molecule has 0 saturated heterocycles. The summed E-state index contributed by atoms with van der Waals surface area (Å²) in [7, 11) is -0.796. The molecule has 7 nitrogen and oxygen atoms in total. The highest BCUT2D eigenvalue weighted by Gasteiger charge is 2.28. The Hall–Kier alpha value is -3.13. The number of nitrogens with one attached hydrogen (secondary N) is 1. The fourth-order valence-electron chi connectivity index (χ4n) is 3.01. The number of hydrogen-bond donors (Lipinski definition) is 1. The fraction of sp³-hybridized carbons (Fsp3) is 0.238. The number of anilines is 1. The number of aromatic nitrogens is 2. The van der Waals surface area contributed by atoms with Gasteiger partial charge in [-0.3, -0.25) is 13.8 Å². The van der Waals surface area contributed by atoms with E-state index in [1.165, 1.54) is 17.9 Å². The van der Waals surface area contributed by atoms with Crippen LogP contribution in [-0.2, 0) is 23.5 Å². The van der Waals surface area contributed by atoms with E-state index >= 15 is 0 Å². The highest BCUT2D eigenvalue weighted by atomic mass is 32.2. The molecule has 1 amide bonds. The molecule has 3 aromatic rings. The molecule has 8 heteroatoms. The molecule has 0 aliphatic rings. The summed E-state index contributed by atoms with van der Waals surface area (Å²) in [5.74, 6) is -0.155. The maximum atomic E-state index is 13.0. The number of sulfonamides is 1. The van der Waals surface area contributed by atoms with Gasteiger partial charge in [-0.15, -0.1) is 0 Å². The van der Waals surface area contributed by atoms with Crippen molar-refractivity contribution in [2.45, 2.75) is 18.2 Å². The molecule has 1 aromatic heterocycles. The molecule has 1 heterocycles. The molecule has 0 radical (unpaired) electrons. The summed E-state index contributed by atoms with van der Waals surface area (Å²) in [5, 5.41) is 6.94. The largest absolute Gasteiger partial charge is 0.352 e. The van der Waals surface area contributed by atoms with Gasteiger partial charge in [-0.1, -0.05) is 48.0 Å². The molecule has 0 aliphatic carbocycles. The van der Waals surface area contributed by atoms with E-state index in [2.05, 4.69) is 10.4 Å². The van der Waals surface area contributed by atoms with Gasteiger partial charge in [0.25, 0.3) is 15.9 Å². The fourth-order valence-corrected chi connectivity index (χ4v) is 4.25. The van der Waals surface area contributed by atoms with E-state index in [1.54, 1.807) is 31.3 Å². The summed E-state index contributed by atoms with van der Waals surface area (Å²) in [6, 6.07) is 16.4. The van der Waals surface area contributed by atoms with Crippen molar-refractivity contribution in [2.75, 3.05) is 17.9 Å². The van der Waals surface area contributed by atoms with E-state index in [9.17, 15) is 13.2 Å². The third kappa shape index (κ3) is 4.48. The van der Waals surface area contributed by atoms with Crippen molar-refractivity contribution in [3.8, 4) is 0 Å². The first-order chi connectivity index (χ1) is 13.8. The molecule has 1 N–H and O–H groups in total. The number of rotatable bonds is 7. The van der Waals surface area contributed by atoms with Gasteiger partial charge in [-0.05, 0) is 31.0 Å². The molecular weight excluding hydrogens is 388 g/mol. The highest BCUT2D eigenvalue weighted by molar-refractivity contribution is 7.92. The molecule has 152 valence electrons. The minimum atomic E-state index is -3.83. The van der Waals surface area contributed by atoms with Crippen LogP contribution in [-0.4, -0.2) is 37.7 Å². The van der Waals surface area contributed by atoms with Crippen molar-refractivity contribution in [3.05, 3.63) is 77.5 Å². The normalized spacial score (nSPS) is 11.3. The molecule has 2 aromatic carbocycles. The zero-order valence-electron chi connectivity index (χ0n) is 16.7. The maximum Gasteiger partial charge on any atom is 0.265 e. The smallest absolute Gasteiger partial charge is 0.265 e. The lowest BCUT2D eigenvalue weighted by Gasteiger charge is -2.21. The van der Waals surface area contributed by atoms with Crippen LogP contribution in [0.1, 0.15) is 21.5 Å². The number of nitrogens with zero attached hydrogens (tertiary/aromatic N) is 3. The average Bonchev–Trinajstić information content (AvgIpc) is 3.10. The van der Waals surface area contributed by atoms with Gasteiger partial charge in [0, 0.05) is 20.6 Å². The van der Waals surface area contributed by atoms with Gasteiger partial charge < -0.3 is 5.32 Å². The molecular formula is C21H24N4O3S. The van der Waals surface area contributed by atoms with E-state index in [-0.39, 0.29) is 22.2 Å². The standard InChI is InChI=1S/C21H24N4O3S/c1-16-9-11-18(12-10-16)29(27,28)25(3)21-19(15-23-24(21)2)20(26)22-14-13-17-7-5-4-6-8-17/h4-12,15H,13-14H2,1-3H3,(H,22,26). The van der Waals surface area contributed by atoms with E-state index < -0.39 is 10.0 Å². The van der Waals surface area contributed by atoms with Crippen molar-refractivity contribution >= 4 is 21.7 Å². The number of carbonyl (C=O) groups excluding carboxylic acids is 1. The Labute approximate surface area is 171 Å². The lowest BCUT2D eigenvalue weighted by molar-refractivity contribution is 0.0955. The van der Waals surface area contributed by atoms with Crippen LogP contribution in [0.2, 0.25) is 0 Å². The molecule has 0 unspecified atom stereocenters. The van der Waals surface area contributed by atoms with Gasteiger partial charge in [0.15, 0.2) is 5.82 Å². The summed E-state index contributed by atoms with van der Waals surface area (Å²) >= 11 is 0. The second kappa shape index (κ2) is 8.48. The summed E-state index contributed by atoms with van der Waals surface area (Å²) < 4.78 is 28.5. The van der Waals surface area contributed by atoms with E-state index in [1.807, 2.05) is 37.3 Å². The molecule has 0 saturated carbocycles. The summed E-state index contributed by atoms with van der Waals surface area (Å²) in [4.78, 5) is 12.9. The van der Waals surface area contributed by atoms with Crippen LogP contribution in [0.25, 0.3) is 0 Å². The Bertz CT molecular complexity index is 1090. The highest BCUT2D eigenvalue weighted by Crippen LogP contribution is 2.25. The molecule has 0 atom stereocenters. The summed E-state index contributed by atoms with van der Waals surface area (Å²) in [6.45, 7) is 2.32. The maximum absolute atomic E-state index is 13.0. The van der Waals surface area contributed by atoms with Crippen LogP contribution in [0.5, 0.6) is 0 Å². The van der Waals surface area contributed by atoms with Gasteiger partial charge in [-0.2, -0.15) is 5.10 Å². The second-order valence-electron chi connectivity index (χ2n) is 6.78. The second-order valence-corrected chi connectivity index (χ2v) is 8.75. The molecule has 0 bridgehead atoms. The van der Waals surface area contributed by atoms with Crippen molar-refractivity contribution < 1.29 is 13.2 Å². The van der Waals surface area contributed by atoms with Gasteiger partial charge in [0.05, 0.1) is 11.1 Å². The van der Waals surface area contributed by atoms with Crippen LogP contribution in [0.3, 0.4) is 0 Å². The number of aryl methyl sites for hydroxylation is 2. The third-order valence-corrected chi connectivity index (χ3v) is 6.43. The number of amides is 1. The first-order valence-electron chi connectivity index (χ1n) is 9.20. The minimum absolute atomic E-state index is 0.155. The van der Waals surface area contributed by atoms with Crippen LogP contribution >= 0.6 is 0 Å². The van der Waals surface area contributed by atoms with Gasteiger partial charge in [-0.25, -0.2) is 8.42 Å². The Morgan fingerprint density at radius 3 is 2.41 bits per heavy atom. The van der Waals surface area contributed by atoms with Crippen molar-refractivity contribution in [1.82, 2.24) is 15.1 Å². The first-order valence-corrected chi connectivity index (χ1v) is 10.6. The lowest BCUT2D eigenvalue weighted by Crippen LogP contribution is -2.32. The van der Waals surface area contributed by atoms with Crippen molar-refractivity contribution in [3.63, 3.8) is 0 Å². The van der Waals surface area contributed by atoms with E-state index in [0.717, 1.165) is 15.4 Å². The van der Waals surface area contributed by atoms with Gasteiger partial charge in [0.1, 0.15) is 5.56 Å². The van der Waals surface area contributed by atoms with Crippen molar-refractivity contribution in [2.24, 2.45) is 7.05 Å². The Kier molecular flexibility index (Phi) is 6.03. The zero-order valence-corrected chi connectivity index (χ0v) is 17.5. The van der Waals surface area contributed by atoms with Gasteiger partial charge >= 0.3 is 0 Å². The predicted molar refractivity (Wildman–Crippen MR) is 112 cm³/mol. The monoisotopic (exact) mass is 412 g/mol. The molecule has 0 aliphatic heterocycles. The average molecular weight is 413 g/mol. The molecule has 3 rings (SSSR count). The Morgan fingerprint density at radius 1 is 1.10 bits per heavy atom. The quantitative estimate of drug-likeness (QED) is 0.646. The zero-order chi connectivity index (χ0) is 21.0. The number of benzene rings is 2. The van der Waals surface area contributed by atoms with Crippen LogP contribution in [0, 0.1) is 6.92 Å². The SMILES string of the molecule is Cc1ccc(S(=O)(=O)N(C)c2c(C(=O)NCCc3ccccc3)cnn2C)cc1. The van der Waals surface area contributed by atoms with Crippen molar-refractivity contribution in [1.29, 1.82) is 0 Å². The topological polar surface area (TPSA) is 84.3 Å². The van der Waals surface area contributed by atoms with E-state index in [0.29, 0.717) is 13.0 Å². The predicted octanol–water partition coefficient (Wildman–Crippen LogP) is 2.53. The van der Waals surface area contributed by atoms with Crippen LogP contribution in [0.15, 0.2) is 65.7 Å². The Balaban J connectivity index is 1.79. The van der Waals surface area contributed by atoms with Crippen LogP contribution < -0.4 is 9.62 Å². The summed E-state index contributed by atoms with van der Waals surface area (Å²) in [5.41, 5.74) is 2.28. The first kappa shape index (κ1) is 20.6. The number of hydrogen-bond acceptors (Lipinski definition) is 4. The molecule has 0 fully saturated rings. The number of carbonyl (C=O) groups is 1. The molecule has 29 heavy (non-hydrogen) atoms. The summed E-state index contributed by atoms with van der Waals surface area (Å²) in [6.07, 6.45) is 2.06.